The van der Waals surface area contributed by atoms with Crippen molar-refractivity contribution < 1.29 is 42.9 Å². The summed E-state index contributed by atoms with van der Waals surface area (Å²) in [6.07, 6.45) is 44.2. The van der Waals surface area contributed by atoms with Crippen LogP contribution in [0.5, 0.6) is 0 Å². The molecule has 0 rings (SSSR count). The van der Waals surface area contributed by atoms with Gasteiger partial charge in [0.15, 0.2) is 12.4 Å². The Morgan fingerprint density at radius 1 is 0.517 bits per heavy atom. The van der Waals surface area contributed by atoms with Gasteiger partial charge in [-0.3, -0.25) is 9.59 Å². The van der Waals surface area contributed by atoms with Crippen molar-refractivity contribution in [3.63, 3.8) is 0 Å². The maximum Gasteiger partial charge on any atom is 0.306 e. The zero-order valence-corrected chi connectivity index (χ0v) is 37.9. The first-order valence-electron chi connectivity index (χ1n) is 23.3. The molecule has 58 heavy (non-hydrogen) atoms. The molecule has 0 aromatic heterocycles. The van der Waals surface area contributed by atoms with E-state index in [4.69, 9.17) is 18.9 Å². The van der Waals surface area contributed by atoms with E-state index in [1.54, 1.807) is 0 Å². The van der Waals surface area contributed by atoms with E-state index in [0.29, 0.717) is 17.4 Å². The summed E-state index contributed by atoms with van der Waals surface area (Å²) >= 11 is 0. The first kappa shape index (κ1) is 55.2. The molecule has 0 aromatic carbocycles. The number of allylic oxidation sites excluding steroid dienone is 8. The number of likely N-dealkylation sites (N-methyl/N-ethyl adjacent to an activating group) is 1. The number of unbranched alkanes of at least 4 members (excludes halogenated alkanes) is 19. The Kier molecular flexibility index (Phi) is 39.1. The largest absolute Gasteiger partial charge is 0.545 e. The molecule has 0 amide bonds. The van der Waals surface area contributed by atoms with Crippen molar-refractivity contribution in [3.8, 4) is 0 Å². The fourth-order valence-corrected chi connectivity index (χ4v) is 6.12. The van der Waals surface area contributed by atoms with Gasteiger partial charge in [0.25, 0.3) is 0 Å². The number of aliphatic carboxylic acids is 1. The van der Waals surface area contributed by atoms with Crippen LogP contribution in [0.2, 0.25) is 0 Å². The molecule has 336 valence electrons. The maximum absolute atomic E-state index is 12.8. The van der Waals surface area contributed by atoms with E-state index in [1.165, 1.54) is 77.0 Å². The molecule has 0 bridgehead atoms. The average Bonchev–Trinajstić information content (AvgIpc) is 3.18. The van der Waals surface area contributed by atoms with Gasteiger partial charge in [-0.15, -0.1) is 0 Å². The van der Waals surface area contributed by atoms with Crippen LogP contribution < -0.4 is 5.11 Å². The van der Waals surface area contributed by atoms with Crippen LogP contribution in [-0.2, 0) is 33.3 Å². The monoisotopic (exact) mass is 818 g/mol. The van der Waals surface area contributed by atoms with Crippen molar-refractivity contribution in [2.24, 2.45) is 0 Å². The predicted molar refractivity (Wildman–Crippen MR) is 237 cm³/mol. The van der Waals surface area contributed by atoms with Crippen molar-refractivity contribution in [3.05, 3.63) is 48.6 Å². The lowest BCUT2D eigenvalue weighted by Crippen LogP contribution is -2.44. The molecule has 0 saturated carbocycles. The standard InChI is InChI=1S/C49H87NO8/c1-6-8-10-12-14-16-18-20-22-23-24-26-28-30-32-34-36-38-40-47(52)58-45(44-57-49(48(53)54)55-42-41-50(3,4)5)43-56-46(51)39-37-35-33-31-29-27-25-21-19-17-15-13-11-9-7-2/h15-18,21-23,25,45,49H,6-14,19-20,24,26-44H2,1-5H3/b17-15-,18-16-,23-22-,25-21-. The van der Waals surface area contributed by atoms with Crippen molar-refractivity contribution in [2.75, 3.05) is 47.5 Å². The fraction of sp³-hybridized carbons (Fsp3) is 0.776. The van der Waals surface area contributed by atoms with Crippen LogP contribution in [0.1, 0.15) is 187 Å². The fourth-order valence-electron chi connectivity index (χ4n) is 6.12. The van der Waals surface area contributed by atoms with Gasteiger partial charge in [-0.2, -0.15) is 0 Å². The molecule has 0 radical (unpaired) electrons. The lowest BCUT2D eigenvalue weighted by Gasteiger charge is -2.26. The van der Waals surface area contributed by atoms with E-state index in [-0.39, 0.29) is 38.6 Å². The number of rotatable bonds is 42. The number of carbonyl (C=O) groups is 3. The molecule has 9 nitrogen and oxygen atoms in total. The van der Waals surface area contributed by atoms with Crippen LogP contribution in [-0.4, -0.2) is 82.3 Å². The molecular formula is C49H87NO8. The maximum atomic E-state index is 12.8. The van der Waals surface area contributed by atoms with Crippen LogP contribution in [0, 0.1) is 0 Å². The van der Waals surface area contributed by atoms with E-state index in [2.05, 4.69) is 62.5 Å². The van der Waals surface area contributed by atoms with Crippen LogP contribution >= 0.6 is 0 Å². The number of hydrogen-bond donors (Lipinski definition) is 0. The number of esters is 2. The lowest BCUT2D eigenvalue weighted by molar-refractivity contribution is -0.870. The van der Waals surface area contributed by atoms with Gasteiger partial charge in [0.2, 0.25) is 0 Å². The normalized spacial score (nSPS) is 13.3. The minimum absolute atomic E-state index is 0.142. The Morgan fingerprint density at radius 2 is 0.931 bits per heavy atom. The summed E-state index contributed by atoms with van der Waals surface area (Å²) in [5.74, 6) is -2.32. The lowest BCUT2D eigenvalue weighted by atomic mass is 10.1. The average molecular weight is 818 g/mol. The highest BCUT2D eigenvalue weighted by Gasteiger charge is 2.21. The summed E-state index contributed by atoms with van der Waals surface area (Å²) in [5, 5.41) is 11.7. The van der Waals surface area contributed by atoms with E-state index in [0.717, 1.165) is 77.0 Å². The summed E-state index contributed by atoms with van der Waals surface area (Å²) in [6, 6.07) is 0. The molecule has 0 aromatic rings. The number of nitrogens with zero attached hydrogens (tertiary/aromatic N) is 1. The molecular weight excluding hydrogens is 731 g/mol. The minimum Gasteiger partial charge on any atom is -0.545 e. The Hall–Kier alpha value is -2.75. The molecule has 0 heterocycles. The second kappa shape index (κ2) is 41.0. The zero-order valence-electron chi connectivity index (χ0n) is 37.9. The molecule has 0 aliphatic heterocycles. The van der Waals surface area contributed by atoms with Gasteiger partial charge in [-0.05, 0) is 77.0 Å². The van der Waals surface area contributed by atoms with E-state index in [9.17, 15) is 19.5 Å². The van der Waals surface area contributed by atoms with Crippen molar-refractivity contribution >= 4 is 17.9 Å². The number of carboxylic acid groups (broad SMARTS) is 1. The molecule has 0 N–H and O–H groups in total. The highest BCUT2D eigenvalue weighted by Crippen LogP contribution is 2.13. The third-order valence-electron chi connectivity index (χ3n) is 9.80. The highest BCUT2D eigenvalue weighted by atomic mass is 16.7. The smallest absolute Gasteiger partial charge is 0.306 e. The summed E-state index contributed by atoms with van der Waals surface area (Å²) in [4.78, 5) is 37.0. The zero-order chi connectivity index (χ0) is 42.8. The van der Waals surface area contributed by atoms with Crippen molar-refractivity contribution in [2.45, 2.75) is 200 Å². The highest BCUT2D eigenvalue weighted by molar-refractivity contribution is 5.70. The first-order chi connectivity index (χ1) is 28.1. The number of quaternary nitrogens is 1. The second-order valence-electron chi connectivity index (χ2n) is 16.7. The second-order valence-corrected chi connectivity index (χ2v) is 16.7. The molecule has 2 atom stereocenters. The number of hydrogen-bond acceptors (Lipinski definition) is 8. The molecule has 0 saturated heterocycles. The van der Waals surface area contributed by atoms with Gasteiger partial charge in [0.05, 0.1) is 40.3 Å². The molecule has 0 aliphatic carbocycles. The predicted octanol–water partition coefficient (Wildman–Crippen LogP) is 11.1. The topological polar surface area (TPSA) is 111 Å². The SMILES string of the molecule is CCCCC/C=C\C/C=C\CCCCCCCC(=O)OCC(COC(OCC[N+](C)(C)C)C(=O)[O-])OC(=O)CCCCCCCCC/C=C\C/C=C\CCCCCC. The van der Waals surface area contributed by atoms with Crippen molar-refractivity contribution in [1.29, 1.82) is 0 Å². The van der Waals surface area contributed by atoms with Crippen molar-refractivity contribution in [1.82, 2.24) is 0 Å². The summed E-state index contributed by atoms with van der Waals surface area (Å²) in [5.41, 5.74) is 0. The Bertz CT molecular complexity index is 1090. The van der Waals surface area contributed by atoms with Crippen LogP contribution in [0.15, 0.2) is 48.6 Å². The van der Waals surface area contributed by atoms with Crippen LogP contribution in [0.25, 0.3) is 0 Å². The van der Waals surface area contributed by atoms with Crippen LogP contribution in [0.3, 0.4) is 0 Å². The third kappa shape index (κ3) is 41.4. The van der Waals surface area contributed by atoms with Gasteiger partial charge in [0.1, 0.15) is 13.2 Å². The Morgan fingerprint density at radius 3 is 1.40 bits per heavy atom. The third-order valence-corrected chi connectivity index (χ3v) is 9.80. The Labute approximate surface area is 355 Å². The molecule has 9 heteroatoms. The van der Waals surface area contributed by atoms with Gasteiger partial charge in [-0.25, -0.2) is 0 Å². The molecule has 0 aliphatic rings. The minimum atomic E-state index is -1.63. The Balaban J connectivity index is 4.46. The molecule has 0 spiro atoms. The van der Waals surface area contributed by atoms with E-state index >= 15 is 0 Å². The van der Waals surface area contributed by atoms with Gasteiger partial charge < -0.3 is 33.3 Å². The van der Waals surface area contributed by atoms with E-state index < -0.39 is 24.3 Å². The van der Waals surface area contributed by atoms with Gasteiger partial charge in [0, 0.05) is 12.8 Å². The van der Waals surface area contributed by atoms with Crippen LogP contribution in [0.4, 0.5) is 0 Å². The molecule has 2 unspecified atom stereocenters. The number of carbonyl (C=O) groups excluding carboxylic acids is 3. The summed E-state index contributed by atoms with van der Waals surface area (Å²) in [6.45, 7) is 4.67. The van der Waals surface area contributed by atoms with E-state index in [1.807, 2.05) is 21.1 Å². The number of ether oxygens (including phenoxy) is 4. The number of carboxylic acids is 1. The summed E-state index contributed by atoms with van der Waals surface area (Å²) < 4.78 is 22.5. The molecule has 0 fully saturated rings. The quantitative estimate of drug-likeness (QED) is 0.0197. The van der Waals surface area contributed by atoms with Gasteiger partial charge >= 0.3 is 11.9 Å². The first-order valence-corrected chi connectivity index (χ1v) is 23.3. The summed E-state index contributed by atoms with van der Waals surface area (Å²) in [7, 11) is 5.90. The van der Waals surface area contributed by atoms with Gasteiger partial charge in [-0.1, -0.05) is 146 Å².